The molecule has 2 fully saturated rings. The summed E-state index contributed by atoms with van der Waals surface area (Å²) < 4.78 is 11.3. The standard InChI is InChI=1S/C27H30N2O6/c1-2-34-26(31)23(16-19-8-10-21(11-9-19)29(32)33)28-24-17-25(30)27(24)14-12-22(13-15-27)35-18-20-6-4-3-5-7-20/h3-11,22-23H,2,12-18H2,1H3/t22?,23-,27?/m0/s1. The number of nitrogens with zero attached hydrogens (tertiary/aromatic N) is 2. The zero-order valence-corrected chi connectivity index (χ0v) is 19.9. The summed E-state index contributed by atoms with van der Waals surface area (Å²) in [6.07, 6.45) is 3.47. The lowest BCUT2D eigenvalue weighted by Gasteiger charge is -2.46. The van der Waals surface area contributed by atoms with E-state index in [0.29, 0.717) is 19.4 Å². The molecule has 0 saturated heterocycles. The van der Waals surface area contributed by atoms with E-state index in [9.17, 15) is 19.7 Å². The van der Waals surface area contributed by atoms with Gasteiger partial charge in [0.2, 0.25) is 0 Å². The van der Waals surface area contributed by atoms with Gasteiger partial charge in [-0.2, -0.15) is 0 Å². The number of nitro benzene ring substituents is 1. The summed E-state index contributed by atoms with van der Waals surface area (Å²) in [5.74, 6) is -0.275. The molecule has 4 rings (SSSR count). The SMILES string of the molecule is CCOC(=O)[C@H](Cc1ccc([N+](=O)[O-])cc1)N=C1CC(=O)C12CCC(OCc1ccccc1)CC2. The fourth-order valence-corrected chi connectivity index (χ4v) is 4.91. The van der Waals surface area contributed by atoms with Crippen LogP contribution in [0.25, 0.3) is 0 Å². The molecule has 2 aliphatic carbocycles. The van der Waals surface area contributed by atoms with Gasteiger partial charge < -0.3 is 9.47 Å². The monoisotopic (exact) mass is 478 g/mol. The zero-order chi connectivity index (χ0) is 24.8. The number of carbonyl (C=O) groups excluding carboxylic acids is 2. The maximum absolute atomic E-state index is 12.7. The van der Waals surface area contributed by atoms with Crippen LogP contribution in [-0.2, 0) is 32.1 Å². The molecule has 2 aliphatic rings. The minimum Gasteiger partial charge on any atom is -0.464 e. The Morgan fingerprint density at radius 1 is 1.11 bits per heavy atom. The first-order valence-corrected chi connectivity index (χ1v) is 12.1. The van der Waals surface area contributed by atoms with Gasteiger partial charge >= 0.3 is 5.97 Å². The van der Waals surface area contributed by atoms with Crippen molar-refractivity contribution in [3.05, 3.63) is 75.8 Å². The van der Waals surface area contributed by atoms with Gasteiger partial charge in [0.15, 0.2) is 6.04 Å². The zero-order valence-electron chi connectivity index (χ0n) is 19.9. The normalized spacial score (nSPS) is 23.6. The maximum atomic E-state index is 12.7. The highest BCUT2D eigenvalue weighted by atomic mass is 16.6. The fourth-order valence-electron chi connectivity index (χ4n) is 4.91. The molecular weight excluding hydrogens is 448 g/mol. The Morgan fingerprint density at radius 2 is 1.80 bits per heavy atom. The van der Waals surface area contributed by atoms with Gasteiger partial charge in [-0.25, -0.2) is 4.79 Å². The molecule has 2 aromatic rings. The lowest BCUT2D eigenvalue weighted by molar-refractivity contribution is -0.384. The van der Waals surface area contributed by atoms with Crippen LogP contribution in [0.2, 0.25) is 0 Å². The molecule has 0 N–H and O–H groups in total. The van der Waals surface area contributed by atoms with Gasteiger partial charge in [-0.15, -0.1) is 0 Å². The van der Waals surface area contributed by atoms with Crippen molar-refractivity contribution in [1.29, 1.82) is 0 Å². The fraction of sp³-hybridized carbons (Fsp3) is 0.444. The molecule has 184 valence electrons. The van der Waals surface area contributed by atoms with Crippen molar-refractivity contribution in [3.8, 4) is 0 Å². The van der Waals surface area contributed by atoms with E-state index in [1.165, 1.54) is 12.1 Å². The van der Waals surface area contributed by atoms with E-state index in [1.54, 1.807) is 19.1 Å². The molecule has 0 aliphatic heterocycles. The van der Waals surface area contributed by atoms with E-state index in [-0.39, 0.29) is 37.0 Å². The Morgan fingerprint density at radius 3 is 2.40 bits per heavy atom. The van der Waals surface area contributed by atoms with Crippen molar-refractivity contribution >= 4 is 23.2 Å². The van der Waals surface area contributed by atoms with E-state index in [4.69, 9.17) is 14.5 Å². The number of hydrogen-bond donors (Lipinski definition) is 0. The number of benzene rings is 2. The summed E-state index contributed by atoms with van der Waals surface area (Å²) in [4.78, 5) is 40.6. The molecule has 0 heterocycles. The summed E-state index contributed by atoms with van der Waals surface area (Å²) in [5, 5.41) is 10.9. The number of Topliss-reactive ketones (excluding diaryl/α,β-unsaturated/α-hetero) is 1. The lowest BCUT2D eigenvalue weighted by atomic mass is 9.57. The number of carbonyl (C=O) groups is 2. The highest BCUT2D eigenvalue weighted by molar-refractivity contribution is 6.27. The molecule has 1 spiro atoms. The topological polar surface area (TPSA) is 108 Å². The number of ketones is 1. The highest BCUT2D eigenvalue weighted by Gasteiger charge is 2.53. The van der Waals surface area contributed by atoms with Crippen LogP contribution in [0.15, 0.2) is 59.6 Å². The van der Waals surface area contributed by atoms with E-state index in [2.05, 4.69) is 0 Å². The van der Waals surface area contributed by atoms with Gasteiger partial charge in [0.05, 0.1) is 29.7 Å². The number of non-ortho nitro benzene ring substituents is 1. The first kappa shape index (κ1) is 24.7. The van der Waals surface area contributed by atoms with Crippen LogP contribution in [0.1, 0.15) is 50.2 Å². The van der Waals surface area contributed by atoms with Crippen LogP contribution in [0.5, 0.6) is 0 Å². The van der Waals surface area contributed by atoms with Gasteiger partial charge in [0, 0.05) is 30.7 Å². The number of aliphatic imine (C=N–C) groups is 1. The summed E-state index contributed by atoms with van der Waals surface area (Å²) in [6, 6.07) is 15.3. The van der Waals surface area contributed by atoms with Gasteiger partial charge in [-0.1, -0.05) is 42.5 Å². The van der Waals surface area contributed by atoms with Gasteiger partial charge in [0.25, 0.3) is 5.69 Å². The minimum atomic E-state index is -0.788. The minimum absolute atomic E-state index is 0.0115. The van der Waals surface area contributed by atoms with Crippen molar-refractivity contribution in [3.63, 3.8) is 0 Å². The lowest BCUT2D eigenvalue weighted by Crippen LogP contribution is -2.54. The first-order chi connectivity index (χ1) is 16.9. The Bertz CT molecular complexity index is 1090. The number of nitro groups is 1. The molecule has 0 unspecified atom stereocenters. The van der Waals surface area contributed by atoms with Crippen LogP contribution in [0, 0.1) is 15.5 Å². The number of ether oxygens (including phenoxy) is 2. The predicted molar refractivity (Wildman–Crippen MR) is 130 cm³/mol. The summed E-state index contributed by atoms with van der Waals surface area (Å²) in [6.45, 7) is 2.51. The molecular formula is C27H30N2O6. The van der Waals surface area contributed by atoms with Gasteiger partial charge in [0.1, 0.15) is 5.78 Å². The Hall–Kier alpha value is -3.39. The van der Waals surface area contributed by atoms with Gasteiger partial charge in [-0.3, -0.25) is 19.9 Å². The van der Waals surface area contributed by atoms with Crippen molar-refractivity contribution in [2.24, 2.45) is 10.4 Å². The van der Waals surface area contributed by atoms with Crippen LogP contribution in [0.3, 0.4) is 0 Å². The van der Waals surface area contributed by atoms with Crippen LogP contribution < -0.4 is 0 Å². The Kier molecular flexibility index (Phi) is 7.70. The Labute approximate surface area is 204 Å². The molecule has 1 atom stereocenters. The molecule has 2 aromatic carbocycles. The third kappa shape index (κ3) is 5.65. The summed E-state index contributed by atoms with van der Waals surface area (Å²) in [5.41, 5.74) is 2.02. The quantitative estimate of drug-likeness (QED) is 0.295. The third-order valence-corrected chi connectivity index (χ3v) is 6.98. The molecule has 35 heavy (non-hydrogen) atoms. The van der Waals surface area contributed by atoms with Crippen LogP contribution in [-0.4, -0.2) is 41.1 Å². The van der Waals surface area contributed by atoms with Crippen molar-refractivity contribution in [2.45, 2.75) is 64.2 Å². The highest BCUT2D eigenvalue weighted by Crippen LogP contribution is 2.48. The second kappa shape index (κ2) is 10.9. The maximum Gasteiger partial charge on any atom is 0.331 e. The van der Waals surface area contributed by atoms with Gasteiger partial charge in [-0.05, 0) is 43.7 Å². The largest absolute Gasteiger partial charge is 0.464 e. The molecule has 8 nitrogen and oxygen atoms in total. The molecule has 2 saturated carbocycles. The summed E-state index contributed by atoms with van der Waals surface area (Å²) >= 11 is 0. The molecule has 0 radical (unpaired) electrons. The summed E-state index contributed by atoms with van der Waals surface area (Å²) in [7, 11) is 0. The predicted octanol–water partition coefficient (Wildman–Crippen LogP) is 4.63. The number of hydrogen-bond acceptors (Lipinski definition) is 7. The smallest absolute Gasteiger partial charge is 0.331 e. The number of rotatable bonds is 9. The molecule has 0 bridgehead atoms. The van der Waals surface area contributed by atoms with Crippen LogP contribution >= 0.6 is 0 Å². The van der Waals surface area contributed by atoms with E-state index in [1.807, 2.05) is 30.3 Å². The second-order valence-electron chi connectivity index (χ2n) is 9.15. The molecule has 0 aromatic heterocycles. The Balaban J connectivity index is 1.43. The third-order valence-electron chi connectivity index (χ3n) is 6.98. The average molecular weight is 479 g/mol. The van der Waals surface area contributed by atoms with E-state index < -0.39 is 22.3 Å². The van der Waals surface area contributed by atoms with Crippen molar-refractivity contribution < 1.29 is 24.0 Å². The van der Waals surface area contributed by atoms with Crippen molar-refractivity contribution in [1.82, 2.24) is 0 Å². The number of esters is 1. The molecule has 0 amide bonds. The molecule has 8 heteroatoms. The van der Waals surface area contributed by atoms with Crippen LogP contribution in [0.4, 0.5) is 5.69 Å². The second-order valence-corrected chi connectivity index (χ2v) is 9.15. The van der Waals surface area contributed by atoms with E-state index >= 15 is 0 Å². The van der Waals surface area contributed by atoms with Crippen molar-refractivity contribution in [2.75, 3.05) is 6.61 Å². The first-order valence-electron chi connectivity index (χ1n) is 12.1. The van der Waals surface area contributed by atoms with E-state index in [0.717, 1.165) is 29.7 Å². The average Bonchev–Trinajstić information content (AvgIpc) is 2.88.